The summed E-state index contributed by atoms with van der Waals surface area (Å²) in [5.74, 6) is -0.426. The minimum atomic E-state index is -4.44. The number of alkyl halides is 4. The molecular weight excluding hydrogens is 339 g/mol. The molecule has 0 atom stereocenters. The fourth-order valence-electron chi connectivity index (χ4n) is 1.73. The fraction of sp³-hybridized carbons (Fsp3) is 0.462. The second kappa shape index (κ2) is 6.97. The van der Waals surface area contributed by atoms with Crippen LogP contribution in [-0.2, 0) is 0 Å². The third-order valence-corrected chi connectivity index (χ3v) is 2.95. The normalized spacial score (nSPS) is 11.3. The van der Waals surface area contributed by atoms with E-state index in [4.69, 9.17) is 4.74 Å². The molecule has 0 aliphatic heterocycles. The molecule has 0 aliphatic carbocycles. The van der Waals surface area contributed by atoms with Crippen molar-refractivity contribution in [2.45, 2.75) is 13.1 Å². The van der Waals surface area contributed by atoms with Crippen LogP contribution in [-0.4, -0.2) is 42.5 Å². The van der Waals surface area contributed by atoms with Crippen molar-refractivity contribution in [2.75, 3.05) is 25.5 Å². The first-order valence-corrected chi connectivity index (χ1v) is 6.97. The minimum absolute atomic E-state index is 0.0323. The van der Waals surface area contributed by atoms with Gasteiger partial charge in [0.25, 0.3) is 5.91 Å². The molecule has 0 bridgehead atoms. The van der Waals surface area contributed by atoms with E-state index in [9.17, 15) is 18.0 Å². The summed E-state index contributed by atoms with van der Waals surface area (Å²) < 4.78 is 42.6. The van der Waals surface area contributed by atoms with Gasteiger partial charge in [-0.05, 0) is 19.1 Å². The third-order valence-electron chi connectivity index (χ3n) is 2.60. The Morgan fingerprint density at radius 2 is 2.05 bits per heavy atom. The monoisotopic (exact) mass is 353 g/mol. The number of nitrogens with zero attached hydrogens (tertiary/aromatic N) is 1. The van der Waals surface area contributed by atoms with Crippen LogP contribution in [0.15, 0.2) is 18.2 Å². The molecule has 0 saturated heterocycles. The van der Waals surface area contributed by atoms with Gasteiger partial charge in [0, 0.05) is 11.9 Å². The average molecular weight is 354 g/mol. The number of amides is 1. The Morgan fingerprint density at radius 1 is 1.40 bits per heavy atom. The highest BCUT2D eigenvalue weighted by molar-refractivity contribution is 9.09. The maximum Gasteiger partial charge on any atom is 0.406 e. The van der Waals surface area contributed by atoms with Crippen molar-refractivity contribution >= 4 is 21.8 Å². The maximum absolute atomic E-state index is 12.5. The highest BCUT2D eigenvalue weighted by atomic mass is 79.9. The summed E-state index contributed by atoms with van der Waals surface area (Å²) in [4.78, 5) is 13.0. The molecule has 1 rings (SSSR count). The Hall–Kier alpha value is -1.24. The summed E-state index contributed by atoms with van der Waals surface area (Å²) >= 11 is 3.06. The summed E-state index contributed by atoms with van der Waals surface area (Å²) in [6, 6.07) is 4.83. The van der Waals surface area contributed by atoms with E-state index in [2.05, 4.69) is 15.9 Å². The molecule has 0 radical (unpaired) electrons. The highest BCUT2D eigenvalue weighted by Gasteiger charge is 2.33. The van der Waals surface area contributed by atoms with Crippen molar-refractivity contribution in [1.29, 1.82) is 0 Å². The molecule has 1 amide bonds. The molecule has 0 aliphatic rings. The Labute approximate surface area is 123 Å². The molecule has 20 heavy (non-hydrogen) atoms. The molecule has 0 heterocycles. The number of halogens is 4. The number of benzene rings is 1. The highest BCUT2D eigenvalue weighted by Crippen LogP contribution is 2.24. The van der Waals surface area contributed by atoms with Crippen molar-refractivity contribution in [1.82, 2.24) is 4.90 Å². The minimum Gasteiger partial charge on any atom is -0.496 e. The van der Waals surface area contributed by atoms with Gasteiger partial charge in [-0.2, -0.15) is 13.2 Å². The Morgan fingerprint density at radius 3 is 2.55 bits per heavy atom. The van der Waals surface area contributed by atoms with Gasteiger partial charge in [0.15, 0.2) is 0 Å². The topological polar surface area (TPSA) is 29.5 Å². The van der Waals surface area contributed by atoms with Gasteiger partial charge in [0.1, 0.15) is 12.3 Å². The molecular formula is C13H15BrF3NO2. The number of methoxy groups -OCH3 is 1. The summed E-state index contributed by atoms with van der Waals surface area (Å²) in [7, 11) is 1.38. The van der Waals surface area contributed by atoms with Crippen LogP contribution in [0.4, 0.5) is 13.2 Å². The lowest BCUT2D eigenvalue weighted by molar-refractivity contribution is -0.140. The largest absolute Gasteiger partial charge is 0.496 e. The van der Waals surface area contributed by atoms with Crippen LogP contribution >= 0.6 is 15.9 Å². The van der Waals surface area contributed by atoms with Crippen molar-refractivity contribution in [2.24, 2.45) is 0 Å². The lowest BCUT2D eigenvalue weighted by Crippen LogP contribution is -2.40. The number of hydrogen-bond acceptors (Lipinski definition) is 2. The van der Waals surface area contributed by atoms with Gasteiger partial charge in [-0.1, -0.05) is 27.6 Å². The number of hydrogen-bond donors (Lipinski definition) is 0. The van der Waals surface area contributed by atoms with E-state index in [1.807, 2.05) is 0 Å². The number of carbonyl (C=O) groups excluding carboxylic acids is 1. The van der Waals surface area contributed by atoms with Crippen LogP contribution in [0.5, 0.6) is 5.75 Å². The predicted molar refractivity (Wildman–Crippen MR) is 73.5 cm³/mol. The number of carbonyl (C=O) groups is 1. The zero-order valence-electron chi connectivity index (χ0n) is 11.1. The van der Waals surface area contributed by atoms with Crippen LogP contribution in [0, 0.1) is 6.92 Å². The number of aryl methyl sites for hydroxylation is 1. The number of ether oxygens (including phenoxy) is 1. The first-order chi connectivity index (χ1) is 9.28. The van der Waals surface area contributed by atoms with E-state index in [0.717, 1.165) is 10.5 Å². The summed E-state index contributed by atoms with van der Waals surface area (Å²) in [6.45, 7) is 0.443. The first-order valence-electron chi connectivity index (χ1n) is 5.85. The molecule has 0 saturated carbocycles. The quantitative estimate of drug-likeness (QED) is 0.759. The van der Waals surface area contributed by atoms with Crippen LogP contribution < -0.4 is 4.74 Å². The van der Waals surface area contributed by atoms with Gasteiger partial charge in [-0.15, -0.1) is 0 Å². The second-order valence-electron chi connectivity index (χ2n) is 4.23. The summed E-state index contributed by atoms with van der Waals surface area (Å²) in [5, 5.41) is 0.267. The molecule has 0 spiro atoms. The van der Waals surface area contributed by atoms with E-state index in [0.29, 0.717) is 0 Å². The Bertz CT molecular complexity index is 477. The van der Waals surface area contributed by atoms with Crippen molar-refractivity contribution in [3.05, 3.63) is 29.3 Å². The van der Waals surface area contributed by atoms with Gasteiger partial charge in [0.2, 0.25) is 0 Å². The molecule has 0 aromatic heterocycles. The predicted octanol–water partition coefficient (Wildman–Crippen LogP) is 3.40. The van der Waals surface area contributed by atoms with Crippen LogP contribution in [0.1, 0.15) is 15.9 Å². The van der Waals surface area contributed by atoms with Gasteiger partial charge < -0.3 is 9.64 Å². The van der Waals surface area contributed by atoms with Gasteiger partial charge >= 0.3 is 6.18 Å². The smallest absolute Gasteiger partial charge is 0.406 e. The molecule has 0 N–H and O–H groups in total. The number of rotatable bonds is 5. The van der Waals surface area contributed by atoms with Crippen molar-refractivity contribution in [3.8, 4) is 5.75 Å². The van der Waals surface area contributed by atoms with E-state index < -0.39 is 18.6 Å². The lowest BCUT2D eigenvalue weighted by atomic mass is 10.1. The molecule has 0 fully saturated rings. The van der Waals surface area contributed by atoms with Gasteiger partial charge in [-0.3, -0.25) is 4.79 Å². The molecule has 112 valence electrons. The molecule has 1 aromatic rings. The van der Waals surface area contributed by atoms with E-state index in [-0.39, 0.29) is 23.2 Å². The summed E-state index contributed by atoms with van der Waals surface area (Å²) in [6.07, 6.45) is -4.44. The fourth-order valence-corrected chi connectivity index (χ4v) is 2.16. The summed E-state index contributed by atoms with van der Waals surface area (Å²) in [5.41, 5.74) is 0.914. The van der Waals surface area contributed by atoms with Crippen LogP contribution in [0.25, 0.3) is 0 Å². The zero-order valence-corrected chi connectivity index (χ0v) is 12.7. The van der Waals surface area contributed by atoms with Crippen molar-refractivity contribution in [3.63, 3.8) is 0 Å². The molecule has 0 unspecified atom stereocenters. The second-order valence-corrected chi connectivity index (χ2v) is 5.03. The van der Waals surface area contributed by atoms with E-state index >= 15 is 0 Å². The zero-order chi connectivity index (χ0) is 15.3. The lowest BCUT2D eigenvalue weighted by Gasteiger charge is -2.24. The van der Waals surface area contributed by atoms with E-state index in [1.165, 1.54) is 13.2 Å². The average Bonchev–Trinajstić information content (AvgIpc) is 2.36. The first kappa shape index (κ1) is 16.8. The third kappa shape index (κ3) is 4.70. The maximum atomic E-state index is 12.5. The van der Waals surface area contributed by atoms with Gasteiger partial charge in [-0.25, -0.2) is 0 Å². The SMILES string of the molecule is COc1ccc(C)cc1C(=O)N(CCBr)CC(F)(F)F. The molecule has 7 heteroatoms. The van der Waals surface area contributed by atoms with Crippen LogP contribution in [0.2, 0.25) is 0 Å². The molecule has 3 nitrogen and oxygen atoms in total. The van der Waals surface area contributed by atoms with Crippen molar-refractivity contribution < 1.29 is 22.7 Å². The Kier molecular flexibility index (Phi) is 5.86. The standard InChI is InChI=1S/C13H15BrF3NO2/c1-9-3-4-11(20-2)10(7-9)12(19)18(6-5-14)8-13(15,16)17/h3-4,7H,5-6,8H2,1-2H3. The van der Waals surface area contributed by atoms with Crippen LogP contribution in [0.3, 0.4) is 0 Å². The Balaban J connectivity index is 3.08. The molecule has 1 aromatic carbocycles. The van der Waals surface area contributed by atoms with Gasteiger partial charge in [0.05, 0.1) is 12.7 Å². The van der Waals surface area contributed by atoms with E-state index in [1.54, 1.807) is 19.1 Å².